The average molecular weight is 459 g/mol. The lowest BCUT2D eigenvalue weighted by atomic mass is 9.90. The number of imidazole rings is 1. The molecular formula is C28H34N4O2. The molecule has 6 nitrogen and oxygen atoms in total. The summed E-state index contributed by atoms with van der Waals surface area (Å²) in [5.41, 5.74) is 11.8. The van der Waals surface area contributed by atoms with Crippen LogP contribution in [0.4, 0.5) is 0 Å². The van der Waals surface area contributed by atoms with E-state index in [1.165, 1.54) is 35.3 Å². The summed E-state index contributed by atoms with van der Waals surface area (Å²) in [5.74, 6) is 1.64. The van der Waals surface area contributed by atoms with Gasteiger partial charge in [0.1, 0.15) is 5.82 Å². The van der Waals surface area contributed by atoms with Crippen LogP contribution in [-0.4, -0.2) is 53.2 Å². The zero-order valence-electron chi connectivity index (χ0n) is 20.1. The average Bonchev–Trinajstić information content (AvgIpc) is 3.51. The maximum absolute atomic E-state index is 12.4. The van der Waals surface area contributed by atoms with Crippen molar-refractivity contribution < 1.29 is 9.53 Å². The molecule has 1 aromatic heterocycles. The van der Waals surface area contributed by atoms with Crippen molar-refractivity contribution in [3.8, 4) is 0 Å². The normalized spacial score (nSPS) is 27.2. The van der Waals surface area contributed by atoms with Crippen LogP contribution in [0.3, 0.4) is 0 Å². The molecule has 1 saturated heterocycles. The maximum Gasteiger partial charge on any atom is 0.225 e. The number of carbonyl (C=O) groups excluding carboxylic acids is 1. The van der Waals surface area contributed by atoms with Crippen LogP contribution in [0.2, 0.25) is 0 Å². The third-order valence-corrected chi connectivity index (χ3v) is 8.20. The van der Waals surface area contributed by atoms with Crippen molar-refractivity contribution in [3.63, 3.8) is 0 Å². The minimum atomic E-state index is -0.206. The molecule has 2 heterocycles. The number of benzene rings is 2. The van der Waals surface area contributed by atoms with Crippen LogP contribution in [0.1, 0.15) is 59.7 Å². The monoisotopic (exact) mass is 458 g/mol. The van der Waals surface area contributed by atoms with Crippen molar-refractivity contribution in [2.45, 2.75) is 56.6 Å². The third kappa shape index (κ3) is 3.73. The lowest BCUT2D eigenvalue weighted by Gasteiger charge is -2.40. The Labute approximate surface area is 201 Å². The Morgan fingerprint density at radius 1 is 1.18 bits per heavy atom. The van der Waals surface area contributed by atoms with Gasteiger partial charge in [0, 0.05) is 32.7 Å². The van der Waals surface area contributed by atoms with Crippen LogP contribution < -0.4 is 5.73 Å². The topological polar surface area (TPSA) is 73.4 Å². The number of nitrogens with zero attached hydrogens (tertiary/aromatic N) is 3. The van der Waals surface area contributed by atoms with Crippen molar-refractivity contribution in [1.29, 1.82) is 0 Å². The number of aromatic nitrogens is 2. The first kappa shape index (κ1) is 21.8. The van der Waals surface area contributed by atoms with Crippen LogP contribution in [0.15, 0.2) is 42.5 Å². The van der Waals surface area contributed by atoms with Crippen LogP contribution >= 0.6 is 0 Å². The SMILES string of the molecule is CO[C@@H]1CN(CC2Cc3ccccc3[C@@H]2C(N)=O)CC[C@H]1n1c(C2CC2)nc2cc(C)ccc21. The second kappa shape index (κ2) is 8.51. The Balaban J connectivity index is 1.24. The van der Waals surface area contributed by atoms with E-state index < -0.39 is 0 Å². The molecule has 2 fully saturated rings. The molecular weight excluding hydrogens is 424 g/mol. The van der Waals surface area contributed by atoms with E-state index in [-0.39, 0.29) is 29.9 Å². The van der Waals surface area contributed by atoms with Crippen LogP contribution in [-0.2, 0) is 16.0 Å². The minimum Gasteiger partial charge on any atom is -0.378 e. The van der Waals surface area contributed by atoms with E-state index in [0.29, 0.717) is 5.92 Å². The highest BCUT2D eigenvalue weighted by Gasteiger charge is 2.40. The highest BCUT2D eigenvalue weighted by molar-refractivity contribution is 5.84. The van der Waals surface area contributed by atoms with E-state index in [1.54, 1.807) is 0 Å². The van der Waals surface area contributed by atoms with Gasteiger partial charge in [0.25, 0.3) is 0 Å². The molecule has 34 heavy (non-hydrogen) atoms. The van der Waals surface area contributed by atoms with Crippen LogP contribution in [0.25, 0.3) is 11.0 Å². The van der Waals surface area contributed by atoms with Gasteiger partial charge in [-0.3, -0.25) is 4.79 Å². The lowest BCUT2D eigenvalue weighted by molar-refractivity contribution is -0.120. The van der Waals surface area contributed by atoms with Gasteiger partial charge in [-0.2, -0.15) is 0 Å². The zero-order chi connectivity index (χ0) is 23.4. The molecule has 6 heteroatoms. The van der Waals surface area contributed by atoms with Gasteiger partial charge in [0.15, 0.2) is 0 Å². The fourth-order valence-electron chi connectivity index (χ4n) is 6.43. The number of hydrogen-bond acceptors (Lipinski definition) is 4. The molecule has 1 aliphatic heterocycles. The number of ether oxygens (including phenoxy) is 1. The first-order valence-corrected chi connectivity index (χ1v) is 12.6. The van der Waals surface area contributed by atoms with E-state index in [2.05, 4.69) is 52.8 Å². The number of nitrogens with two attached hydrogens (primary N) is 1. The number of piperidine rings is 1. The lowest BCUT2D eigenvalue weighted by Crippen LogP contribution is -2.48. The number of hydrogen-bond donors (Lipinski definition) is 1. The second-order valence-corrected chi connectivity index (χ2v) is 10.5. The highest BCUT2D eigenvalue weighted by atomic mass is 16.5. The van der Waals surface area contributed by atoms with Crippen molar-refractivity contribution >= 4 is 16.9 Å². The number of primary amides is 1. The van der Waals surface area contributed by atoms with Gasteiger partial charge >= 0.3 is 0 Å². The van der Waals surface area contributed by atoms with Gasteiger partial charge in [-0.25, -0.2) is 4.98 Å². The summed E-state index contributed by atoms with van der Waals surface area (Å²) in [7, 11) is 1.83. The molecule has 0 bridgehead atoms. The summed E-state index contributed by atoms with van der Waals surface area (Å²) in [4.78, 5) is 19.9. The van der Waals surface area contributed by atoms with Gasteiger partial charge < -0.3 is 19.9 Å². The van der Waals surface area contributed by atoms with E-state index in [9.17, 15) is 4.79 Å². The first-order valence-electron chi connectivity index (χ1n) is 12.6. The standard InChI is InChI=1S/C28H34N4O2/c1-17-7-10-23-22(13-17)30-28(18-8-9-18)32(23)24-11-12-31(16-25(24)34-2)15-20-14-19-5-3-4-6-21(19)26(20)27(29)33/h3-7,10,13,18,20,24-26H,8-9,11-12,14-16H2,1-2H3,(H2,29,33)/t20?,24-,25-,26-/m1/s1. The second-order valence-electron chi connectivity index (χ2n) is 10.5. The Morgan fingerprint density at radius 2 is 2.00 bits per heavy atom. The molecule has 3 aliphatic rings. The molecule has 2 aliphatic carbocycles. The van der Waals surface area contributed by atoms with E-state index in [0.717, 1.165) is 43.6 Å². The predicted molar refractivity (Wildman–Crippen MR) is 133 cm³/mol. The van der Waals surface area contributed by atoms with Crippen molar-refractivity contribution in [2.24, 2.45) is 11.7 Å². The van der Waals surface area contributed by atoms with Crippen molar-refractivity contribution in [3.05, 3.63) is 65.0 Å². The van der Waals surface area contributed by atoms with Crippen molar-refractivity contribution in [1.82, 2.24) is 14.5 Å². The molecule has 178 valence electrons. The summed E-state index contributed by atoms with van der Waals surface area (Å²) in [6, 6.07) is 15.2. The molecule has 3 aromatic rings. The summed E-state index contributed by atoms with van der Waals surface area (Å²) < 4.78 is 8.60. The van der Waals surface area contributed by atoms with E-state index >= 15 is 0 Å². The summed E-state index contributed by atoms with van der Waals surface area (Å²) >= 11 is 0. The Hall–Kier alpha value is -2.70. The number of carbonyl (C=O) groups is 1. The van der Waals surface area contributed by atoms with Gasteiger partial charge in [0.05, 0.1) is 29.1 Å². The van der Waals surface area contributed by atoms with Gasteiger partial charge in [-0.05, 0) is 67.3 Å². The fraction of sp³-hybridized carbons (Fsp3) is 0.500. The molecule has 6 rings (SSSR count). The quantitative estimate of drug-likeness (QED) is 0.608. The first-order chi connectivity index (χ1) is 16.5. The maximum atomic E-state index is 12.4. The summed E-state index contributed by atoms with van der Waals surface area (Å²) in [6.07, 6.45) is 4.48. The summed E-state index contributed by atoms with van der Waals surface area (Å²) in [5, 5.41) is 0. The molecule has 1 unspecified atom stereocenters. The molecule has 0 spiro atoms. The van der Waals surface area contributed by atoms with Crippen LogP contribution in [0, 0.1) is 12.8 Å². The number of likely N-dealkylation sites (tertiary alicyclic amines) is 1. The fourth-order valence-corrected chi connectivity index (χ4v) is 6.43. The number of amides is 1. The smallest absolute Gasteiger partial charge is 0.225 e. The Bertz CT molecular complexity index is 1230. The van der Waals surface area contributed by atoms with Gasteiger partial charge in [0.2, 0.25) is 5.91 Å². The largest absolute Gasteiger partial charge is 0.378 e. The molecule has 1 amide bonds. The number of aryl methyl sites for hydroxylation is 1. The van der Waals surface area contributed by atoms with E-state index in [1.807, 2.05) is 13.2 Å². The van der Waals surface area contributed by atoms with Crippen LogP contribution in [0.5, 0.6) is 0 Å². The third-order valence-electron chi connectivity index (χ3n) is 8.20. The minimum absolute atomic E-state index is 0.0840. The Kier molecular flexibility index (Phi) is 5.46. The summed E-state index contributed by atoms with van der Waals surface area (Å²) in [6.45, 7) is 4.84. The molecule has 4 atom stereocenters. The van der Waals surface area contributed by atoms with Gasteiger partial charge in [-0.1, -0.05) is 30.3 Å². The zero-order valence-corrected chi connectivity index (χ0v) is 20.1. The molecule has 1 saturated carbocycles. The number of methoxy groups -OCH3 is 1. The van der Waals surface area contributed by atoms with Crippen molar-refractivity contribution in [2.75, 3.05) is 26.7 Å². The van der Waals surface area contributed by atoms with E-state index in [4.69, 9.17) is 15.5 Å². The predicted octanol–water partition coefficient (Wildman–Crippen LogP) is 3.93. The number of fused-ring (bicyclic) bond motifs is 2. The Morgan fingerprint density at radius 3 is 2.76 bits per heavy atom. The number of rotatable bonds is 6. The molecule has 0 radical (unpaired) electrons. The van der Waals surface area contributed by atoms with Gasteiger partial charge in [-0.15, -0.1) is 0 Å². The highest BCUT2D eigenvalue weighted by Crippen LogP contribution is 2.44. The molecule has 2 N–H and O–H groups in total. The molecule has 2 aromatic carbocycles.